The summed E-state index contributed by atoms with van der Waals surface area (Å²) < 4.78 is 1.94. The monoisotopic (exact) mass is 189 g/mol. The fourth-order valence-corrected chi connectivity index (χ4v) is 1.82. The van der Waals surface area contributed by atoms with Crippen molar-refractivity contribution in [3.05, 3.63) is 29.7 Å². The number of aryl methyl sites for hydroxylation is 1. The van der Waals surface area contributed by atoms with Crippen molar-refractivity contribution in [3.8, 4) is 0 Å². The Labute approximate surface area is 83.8 Å². The van der Waals surface area contributed by atoms with E-state index in [1.54, 1.807) is 12.4 Å². The van der Waals surface area contributed by atoms with Crippen LogP contribution in [-0.4, -0.2) is 14.6 Å². The van der Waals surface area contributed by atoms with Crippen LogP contribution < -0.4 is 0 Å². The Bertz CT molecular complexity index is 443. The molecule has 0 radical (unpaired) electrons. The Morgan fingerprint density at radius 2 is 2.14 bits per heavy atom. The normalized spacial score (nSPS) is 11.4. The predicted octanol–water partition coefficient (Wildman–Crippen LogP) is 2.42. The third-order valence-corrected chi connectivity index (χ3v) is 2.50. The molecule has 0 saturated carbocycles. The highest BCUT2D eigenvalue weighted by molar-refractivity contribution is 5.46. The Morgan fingerprint density at radius 3 is 2.79 bits per heavy atom. The van der Waals surface area contributed by atoms with Gasteiger partial charge in [-0.15, -0.1) is 0 Å². The molecule has 0 aliphatic carbocycles. The van der Waals surface area contributed by atoms with Crippen molar-refractivity contribution in [1.82, 2.24) is 14.6 Å². The molecule has 0 saturated heterocycles. The minimum atomic E-state index is 0.536. The van der Waals surface area contributed by atoms with Crippen molar-refractivity contribution in [3.63, 3.8) is 0 Å². The summed E-state index contributed by atoms with van der Waals surface area (Å²) in [5.41, 5.74) is 3.59. The molecule has 0 fully saturated rings. The summed E-state index contributed by atoms with van der Waals surface area (Å²) in [5, 5.41) is 4.31. The van der Waals surface area contributed by atoms with E-state index in [1.807, 2.05) is 4.52 Å². The van der Waals surface area contributed by atoms with E-state index in [4.69, 9.17) is 0 Å². The van der Waals surface area contributed by atoms with E-state index < -0.39 is 0 Å². The van der Waals surface area contributed by atoms with Crippen LogP contribution in [0.15, 0.2) is 18.5 Å². The Kier molecular flexibility index (Phi) is 2.23. The van der Waals surface area contributed by atoms with Crippen LogP contribution in [0.4, 0.5) is 0 Å². The van der Waals surface area contributed by atoms with Gasteiger partial charge in [-0.2, -0.15) is 5.10 Å². The summed E-state index contributed by atoms with van der Waals surface area (Å²) in [6.07, 6.45) is 4.47. The molecule has 0 N–H and O–H groups in total. The fourth-order valence-electron chi connectivity index (χ4n) is 1.82. The maximum Gasteiger partial charge on any atom is 0.153 e. The fraction of sp³-hybridized carbons (Fsp3) is 0.455. The van der Waals surface area contributed by atoms with Gasteiger partial charge in [-0.1, -0.05) is 20.8 Å². The molecule has 2 aromatic heterocycles. The van der Waals surface area contributed by atoms with Gasteiger partial charge in [0.25, 0.3) is 0 Å². The summed E-state index contributed by atoms with van der Waals surface area (Å²) in [6, 6.07) is 2.14. The average Bonchev–Trinajstić information content (AvgIpc) is 2.56. The van der Waals surface area contributed by atoms with Crippen LogP contribution in [-0.2, 0) is 6.42 Å². The number of hydrogen-bond acceptors (Lipinski definition) is 2. The van der Waals surface area contributed by atoms with E-state index in [0.717, 1.165) is 12.1 Å². The van der Waals surface area contributed by atoms with Crippen molar-refractivity contribution in [2.45, 2.75) is 33.1 Å². The number of rotatable bonds is 2. The van der Waals surface area contributed by atoms with Crippen molar-refractivity contribution < 1.29 is 0 Å². The van der Waals surface area contributed by atoms with Crippen molar-refractivity contribution >= 4 is 5.65 Å². The predicted molar refractivity (Wildman–Crippen MR) is 56.5 cm³/mol. The van der Waals surface area contributed by atoms with E-state index in [1.165, 1.54) is 11.3 Å². The lowest BCUT2D eigenvalue weighted by molar-refractivity contribution is 0.791. The summed E-state index contributed by atoms with van der Waals surface area (Å²) in [4.78, 5) is 4.29. The molecule has 0 aromatic carbocycles. The molecule has 2 heterocycles. The van der Waals surface area contributed by atoms with E-state index in [0.29, 0.717) is 5.92 Å². The zero-order valence-corrected chi connectivity index (χ0v) is 8.86. The quantitative estimate of drug-likeness (QED) is 0.726. The van der Waals surface area contributed by atoms with Crippen LogP contribution >= 0.6 is 0 Å². The maximum absolute atomic E-state index is 4.31. The Morgan fingerprint density at radius 1 is 1.36 bits per heavy atom. The van der Waals surface area contributed by atoms with Crippen LogP contribution in [0.2, 0.25) is 0 Å². The zero-order valence-electron chi connectivity index (χ0n) is 8.86. The second-order valence-corrected chi connectivity index (χ2v) is 3.77. The number of aromatic nitrogens is 3. The molecule has 3 heteroatoms. The van der Waals surface area contributed by atoms with Gasteiger partial charge in [-0.05, 0) is 24.0 Å². The van der Waals surface area contributed by atoms with Gasteiger partial charge in [0.1, 0.15) is 0 Å². The third kappa shape index (κ3) is 1.29. The molecule has 0 atom stereocenters. The molecular weight excluding hydrogens is 174 g/mol. The number of fused-ring (bicyclic) bond motifs is 1. The smallest absolute Gasteiger partial charge is 0.153 e. The van der Waals surface area contributed by atoms with Gasteiger partial charge in [-0.3, -0.25) is 0 Å². The molecule has 2 rings (SSSR count). The molecule has 3 nitrogen and oxygen atoms in total. The van der Waals surface area contributed by atoms with Crippen LogP contribution in [0.25, 0.3) is 5.65 Å². The van der Waals surface area contributed by atoms with Crippen molar-refractivity contribution in [1.29, 1.82) is 0 Å². The molecule has 0 bridgehead atoms. The SMILES string of the molecule is CCc1c(C(C)C)cc2nccnn12. The highest BCUT2D eigenvalue weighted by Gasteiger charge is 2.12. The first-order valence-corrected chi connectivity index (χ1v) is 5.05. The van der Waals surface area contributed by atoms with Crippen molar-refractivity contribution in [2.75, 3.05) is 0 Å². The molecule has 0 aliphatic heterocycles. The van der Waals surface area contributed by atoms with Crippen LogP contribution in [0.1, 0.15) is 37.9 Å². The topological polar surface area (TPSA) is 30.2 Å². The van der Waals surface area contributed by atoms with Gasteiger partial charge >= 0.3 is 0 Å². The van der Waals surface area contributed by atoms with Gasteiger partial charge in [-0.25, -0.2) is 9.50 Å². The van der Waals surface area contributed by atoms with Gasteiger partial charge < -0.3 is 0 Å². The number of nitrogens with zero attached hydrogens (tertiary/aromatic N) is 3. The van der Waals surface area contributed by atoms with E-state index in [-0.39, 0.29) is 0 Å². The zero-order chi connectivity index (χ0) is 10.1. The van der Waals surface area contributed by atoms with Gasteiger partial charge in [0.05, 0.1) is 6.20 Å². The first kappa shape index (κ1) is 9.19. The molecule has 0 unspecified atom stereocenters. The van der Waals surface area contributed by atoms with Crippen LogP contribution in [0.3, 0.4) is 0 Å². The summed E-state index contributed by atoms with van der Waals surface area (Å²) in [5.74, 6) is 0.536. The summed E-state index contributed by atoms with van der Waals surface area (Å²) in [6.45, 7) is 6.56. The lowest BCUT2D eigenvalue weighted by atomic mass is 10.0. The van der Waals surface area contributed by atoms with Crippen molar-refractivity contribution in [2.24, 2.45) is 0 Å². The first-order chi connectivity index (χ1) is 6.74. The molecule has 0 spiro atoms. The van der Waals surface area contributed by atoms with Gasteiger partial charge in [0.2, 0.25) is 0 Å². The molecule has 0 aliphatic rings. The molecule has 74 valence electrons. The summed E-state index contributed by atoms with van der Waals surface area (Å²) in [7, 11) is 0. The minimum Gasteiger partial charge on any atom is -0.235 e. The lowest BCUT2D eigenvalue weighted by Crippen LogP contribution is -1.99. The minimum absolute atomic E-state index is 0.536. The molecule has 14 heavy (non-hydrogen) atoms. The maximum atomic E-state index is 4.31. The van der Waals surface area contributed by atoms with E-state index >= 15 is 0 Å². The van der Waals surface area contributed by atoms with Gasteiger partial charge in [0, 0.05) is 11.9 Å². The molecular formula is C11H15N3. The largest absolute Gasteiger partial charge is 0.235 e. The molecule has 0 amide bonds. The highest BCUT2D eigenvalue weighted by Crippen LogP contribution is 2.22. The first-order valence-electron chi connectivity index (χ1n) is 5.05. The van der Waals surface area contributed by atoms with E-state index in [9.17, 15) is 0 Å². The van der Waals surface area contributed by atoms with Gasteiger partial charge in [0.15, 0.2) is 5.65 Å². The second-order valence-electron chi connectivity index (χ2n) is 3.77. The van der Waals surface area contributed by atoms with Crippen LogP contribution in [0.5, 0.6) is 0 Å². The standard InChI is InChI=1S/C11H15N3/c1-4-10-9(8(2)3)7-11-12-5-6-13-14(10)11/h5-8H,4H2,1-3H3. The Hall–Kier alpha value is -1.38. The Balaban J connectivity index is 2.72. The van der Waals surface area contributed by atoms with E-state index in [2.05, 4.69) is 36.9 Å². The second kappa shape index (κ2) is 3.40. The third-order valence-electron chi connectivity index (χ3n) is 2.50. The van der Waals surface area contributed by atoms with Crippen LogP contribution in [0, 0.1) is 0 Å². The molecule has 2 aromatic rings. The average molecular weight is 189 g/mol. The summed E-state index contributed by atoms with van der Waals surface area (Å²) >= 11 is 0. The number of hydrogen-bond donors (Lipinski definition) is 0. The highest BCUT2D eigenvalue weighted by atomic mass is 15.2. The lowest BCUT2D eigenvalue weighted by Gasteiger charge is -2.04.